The van der Waals surface area contributed by atoms with Crippen molar-refractivity contribution in [2.75, 3.05) is 20.7 Å². The molecule has 2 aliphatic heterocycles. The van der Waals surface area contributed by atoms with Gasteiger partial charge >= 0.3 is 0 Å². The molecule has 1 saturated heterocycles. The van der Waals surface area contributed by atoms with E-state index in [1.165, 1.54) is 12.2 Å². The van der Waals surface area contributed by atoms with Crippen LogP contribution in [0.1, 0.15) is 71.4 Å². The molecule has 13 heteroatoms. The number of methoxy groups -OCH3 is 1. The number of imide groups is 1. The van der Waals surface area contributed by atoms with E-state index in [1.54, 1.807) is 34.8 Å². The fourth-order valence-electron chi connectivity index (χ4n) is 6.82. The van der Waals surface area contributed by atoms with Crippen molar-refractivity contribution < 1.29 is 28.7 Å². The standard InChI is InChI=1S/C30H45N7O6/c1-6-19(3)28(23(7-2)43-5)34(4)27(41)16-31-30(42)29-20-10-11-22(15-20)37(29)26(40)9-8-14-35-17-21(32-33-35)18-36-24(38)12-13-25(36)39/h12-13,17,19-20,22-23,28-29H,6-11,14-16,18H2,1-5H3,(H,31,42). The summed E-state index contributed by atoms with van der Waals surface area (Å²) in [4.78, 5) is 68.0. The van der Waals surface area contributed by atoms with Crippen LogP contribution in [0.25, 0.3) is 0 Å². The fourth-order valence-corrected chi connectivity index (χ4v) is 6.82. The van der Waals surface area contributed by atoms with E-state index in [-0.39, 0.29) is 79.1 Å². The van der Waals surface area contributed by atoms with Crippen molar-refractivity contribution >= 4 is 29.5 Å². The summed E-state index contributed by atoms with van der Waals surface area (Å²) in [6.07, 6.45) is 8.97. The second-order valence-corrected chi connectivity index (χ2v) is 11.9. The summed E-state index contributed by atoms with van der Waals surface area (Å²) in [5, 5.41) is 10.9. The number of fused-ring (bicyclic) bond motifs is 2. The zero-order valence-electron chi connectivity index (χ0n) is 25.9. The number of piperidine rings is 1. The van der Waals surface area contributed by atoms with Gasteiger partial charge < -0.3 is 19.9 Å². The number of hydrogen-bond acceptors (Lipinski definition) is 8. The molecule has 1 saturated carbocycles. The maximum atomic E-state index is 13.4. The Kier molecular flexibility index (Phi) is 10.7. The molecule has 2 bridgehead atoms. The van der Waals surface area contributed by atoms with Crippen molar-refractivity contribution in [3.05, 3.63) is 24.0 Å². The Balaban J connectivity index is 1.29. The van der Waals surface area contributed by atoms with Gasteiger partial charge in [-0.3, -0.25) is 33.6 Å². The van der Waals surface area contributed by atoms with Gasteiger partial charge in [0.05, 0.1) is 31.4 Å². The number of hydrogen-bond donors (Lipinski definition) is 1. The molecule has 5 amide bonds. The lowest BCUT2D eigenvalue weighted by Gasteiger charge is -2.38. The van der Waals surface area contributed by atoms with Crippen molar-refractivity contribution in [2.24, 2.45) is 11.8 Å². The molecule has 0 radical (unpaired) electrons. The Bertz CT molecular complexity index is 1210. The molecule has 4 rings (SSSR count). The summed E-state index contributed by atoms with van der Waals surface area (Å²) in [6.45, 7) is 6.57. The zero-order chi connectivity index (χ0) is 31.3. The van der Waals surface area contributed by atoms with Crippen LogP contribution < -0.4 is 5.32 Å². The molecule has 6 unspecified atom stereocenters. The summed E-state index contributed by atoms with van der Waals surface area (Å²) in [7, 11) is 3.43. The maximum absolute atomic E-state index is 13.4. The number of carbonyl (C=O) groups excluding carboxylic acids is 5. The van der Waals surface area contributed by atoms with Gasteiger partial charge in [-0.05, 0) is 43.9 Å². The van der Waals surface area contributed by atoms with Crippen molar-refractivity contribution in [2.45, 2.75) is 103 Å². The Morgan fingerprint density at radius 1 is 1.14 bits per heavy atom. The Hall–Kier alpha value is -3.61. The molecule has 1 aliphatic carbocycles. The Labute approximate surface area is 252 Å². The largest absolute Gasteiger partial charge is 0.379 e. The molecule has 6 atom stereocenters. The van der Waals surface area contributed by atoms with E-state index in [2.05, 4.69) is 29.5 Å². The topological polar surface area (TPSA) is 147 Å². The predicted molar refractivity (Wildman–Crippen MR) is 156 cm³/mol. The highest BCUT2D eigenvalue weighted by molar-refractivity contribution is 6.12. The average molecular weight is 600 g/mol. The third kappa shape index (κ3) is 7.14. The van der Waals surface area contributed by atoms with Crippen molar-refractivity contribution in [3.63, 3.8) is 0 Å². The van der Waals surface area contributed by atoms with Crippen LogP contribution in [-0.4, -0.2) is 104 Å². The molecule has 236 valence electrons. The summed E-state index contributed by atoms with van der Waals surface area (Å²) in [6, 6.07) is -0.636. The highest BCUT2D eigenvalue weighted by Gasteiger charge is 2.51. The van der Waals surface area contributed by atoms with Crippen LogP contribution in [0.15, 0.2) is 18.3 Å². The molecule has 3 aliphatic rings. The highest BCUT2D eigenvalue weighted by atomic mass is 16.5. The molecular weight excluding hydrogens is 554 g/mol. The van der Waals surface area contributed by atoms with E-state index in [0.29, 0.717) is 18.7 Å². The van der Waals surface area contributed by atoms with Gasteiger partial charge in [0.2, 0.25) is 17.7 Å². The number of nitrogens with zero attached hydrogens (tertiary/aromatic N) is 6. The van der Waals surface area contributed by atoms with Crippen LogP contribution in [0.4, 0.5) is 0 Å². The first-order chi connectivity index (χ1) is 20.6. The van der Waals surface area contributed by atoms with Crippen LogP contribution in [0, 0.1) is 11.8 Å². The Morgan fingerprint density at radius 2 is 1.86 bits per heavy atom. The molecule has 1 N–H and O–H groups in total. The first-order valence-corrected chi connectivity index (χ1v) is 15.4. The van der Waals surface area contributed by atoms with Crippen molar-refractivity contribution in [3.8, 4) is 0 Å². The molecule has 1 aromatic heterocycles. The first-order valence-electron chi connectivity index (χ1n) is 15.4. The summed E-state index contributed by atoms with van der Waals surface area (Å²) in [5.41, 5.74) is 0.480. The number of nitrogens with one attached hydrogen (secondary N) is 1. The SMILES string of the molecule is CCC(C)C(C(CC)OC)N(C)C(=O)CNC(=O)C1C2CCC(C2)N1C(=O)CCCn1cc(CN2C(=O)C=CC2=O)nn1. The third-order valence-corrected chi connectivity index (χ3v) is 9.29. The molecule has 13 nitrogen and oxygen atoms in total. The van der Waals surface area contributed by atoms with E-state index in [0.717, 1.165) is 37.0 Å². The van der Waals surface area contributed by atoms with Gasteiger partial charge in [-0.15, -0.1) is 5.10 Å². The molecule has 0 spiro atoms. The van der Waals surface area contributed by atoms with Gasteiger partial charge in [-0.2, -0.15) is 0 Å². The van der Waals surface area contributed by atoms with Crippen LogP contribution >= 0.6 is 0 Å². The second kappa shape index (κ2) is 14.2. The fraction of sp³-hybridized carbons (Fsp3) is 0.700. The van der Waals surface area contributed by atoms with Gasteiger partial charge in [0.1, 0.15) is 11.7 Å². The summed E-state index contributed by atoms with van der Waals surface area (Å²) >= 11 is 0. The first kappa shape index (κ1) is 32.3. The average Bonchev–Trinajstić information content (AvgIpc) is 3.80. The summed E-state index contributed by atoms with van der Waals surface area (Å²) in [5.74, 6) is -0.986. The Morgan fingerprint density at radius 3 is 2.51 bits per heavy atom. The van der Waals surface area contributed by atoms with Crippen LogP contribution in [0.3, 0.4) is 0 Å². The number of ether oxygens (including phenoxy) is 1. The lowest BCUT2D eigenvalue weighted by atomic mass is 9.91. The summed E-state index contributed by atoms with van der Waals surface area (Å²) < 4.78 is 7.26. The van der Waals surface area contributed by atoms with Crippen LogP contribution in [0.2, 0.25) is 0 Å². The van der Waals surface area contributed by atoms with Gasteiger partial charge in [0.25, 0.3) is 11.8 Å². The third-order valence-electron chi connectivity index (χ3n) is 9.29. The lowest BCUT2D eigenvalue weighted by molar-refractivity contribution is -0.144. The number of aryl methyl sites for hydroxylation is 1. The normalized spacial score (nSPS) is 23.1. The number of likely N-dealkylation sites (tertiary alicyclic amines) is 1. The smallest absolute Gasteiger partial charge is 0.253 e. The van der Waals surface area contributed by atoms with Gasteiger partial charge in [0.15, 0.2) is 0 Å². The van der Waals surface area contributed by atoms with Crippen LogP contribution in [0.5, 0.6) is 0 Å². The van der Waals surface area contributed by atoms with E-state index in [1.807, 2.05) is 6.92 Å². The quantitative estimate of drug-likeness (QED) is 0.297. The lowest BCUT2D eigenvalue weighted by Crippen LogP contribution is -2.55. The molecule has 43 heavy (non-hydrogen) atoms. The molecule has 1 aromatic rings. The molecule has 2 fully saturated rings. The van der Waals surface area contributed by atoms with Crippen LogP contribution in [-0.2, 0) is 41.8 Å². The predicted octanol–water partition coefficient (Wildman–Crippen LogP) is 1.28. The number of amides is 5. The molecule has 0 aromatic carbocycles. The highest BCUT2D eigenvalue weighted by Crippen LogP contribution is 2.43. The minimum atomic E-state index is -0.570. The number of carbonyl (C=O) groups is 5. The number of rotatable bonds is 15. The van der Waals surface area contributed by atoms with Gasteiger partial charge in [0, 0.05) is 45.3 Å². The van der Waals surface area contributed by atoms with E-state index >= 15 is 0 Å². The van der Waals surface area contributed by atoms with E-state index in [9.17, 15) is 24.0 Å². The van der Waals surface area contributed by atoms with Crippen molar-refractivity contribution in [1.82, 2.24) is 35.0 Å². The number of likely N-dealkylation sites (N-methyl/N-ethyl adjacent to an activating group) is 1. The minimum absolute atomic E-state index is 0.0375. The second-order valence-electron chi connectivity index (χ2n) is 11.9. The molecular formula is C30H45N7O6. The van der Waals surface area contributed by atoms with Crippen molar-refractivity contribution in [1.29, 1.82) is 0 Å². The zero-order valence-corrected chi connectivity index (χ0v) is 25.9. The number of aromatic nitrogens is 3. The van der Waals surface area contributed by atoms with Gasteiger partial charge in [-0.25, -0.2) is 0 Å². The molecule has 3 heterocycles. The minimum Gasteiger partial charge on any atom is -0.379 e. The van der Waals surface area contributed by atoms with E-state index in [4.69, 9.17) is 4.74 Å². The van der Waals surface area contributed by atoms with Gasteiger partial charge in [-0.1, -0.05) is 32.4 Å². The monoisotopic (exact) mass is 599 g/mol. The van der Waals surface area contributed by atoms with E-state index < -0.39 is 6.04 Å². The maximum Gasteiger partial charge on any atom is 0.253 e.